The largest absolute Gasteiger partial charge is 0.453 e. The Hall–Kier alpha value is -2.16. The summed E-state index contributed by atoms with van der Waals surface area (Å²) in [5.74, 6) is -0.631. The van der Waals surface area contributed by atoms with Crippen LogP contribution >= 0.6 is 0 Å². The van der Waals surface area contributed by atoms with Crippen LogP contribution in [-0.4, -0.2) is 47.5 Å². The molecule has 5 heteroatoms. The fraction of sp³-hybridized carbons (Fsp3) is 0.412. The fourth-order valence-electron chi connectivity index (χ4n) is 2.98. The average Bonchev–Trinajstić information content (AvgIpc) is 2.56. The second kappa shape index (κ2) is 6.30. The van der Waals surface area contributed by atoms with Crippen LogP contribution in [0.1, 0.15) is 25.0 Å². The lowest BCUT2D eigenvalue weighted by atomic mass is 10.0. The number of nitriles is 1. The molecule has 1 aliphatic rings. The van der Waals surface area contributed by atoms with Gasteiger partial charge >= 0.3 is 11.7 Å². The van der Waals surface area contributed by atoms with E-state index >= 15 is 0 Å². The normalized spacial score (nSPS) is 24.0. The second-order valence-corrected chi connectivity index (χ2v) is 5.40. The molecule has 0 spiro atoms. The van der Waals surface area contributed by atoms with E-state index in [1.807, 2.05) is 19.9 Å². The molecule has 1 heterocycles. The molecule has 1 atom stereocenters. The number of nitrogens with zero attached hydrogens (tertiary/aromatic N) is 2. The number of cyclic esters (lactones) is 1. The third-order valence-electron chi connectivity index (χ3n) is 4.56. The van der Waals surface area contributed by atoms with E-state index in [9.17, 15) is 9.90 Å². The topological polar surface area (TPSA) is 70.3 Å². The highest BCUT2D eigenvalue weighted by Gasteiger charge is 2.56. The van der Waals surface area contributed by atoms with Crippen LogP contribution in [0.4, 0.5) is 0 Å². The molecule has 0 radical (unpaired) electrons. The number of esters is 1. The van der Waals surface area contributed by atoms with E-state index in [0.29, 0.717) is 37.4 Å². The summed E-state index contributed by atoms with van der Waals surface area (Å²) < 4.78 is 5.31. The minimum absolute atomic E-state index is 0.233. The van der Waals surface area contributed by atoms with Gasteiger partial charge in [0.05, 0.1) is 24.7 Å². The summed E-state index contributed by atoms with van der Waals surface area (Å²) >= 11 is 0. The molecule has 1 saturated heterocycles. The quantitative estimate of drug-likeness (QED) is 0.678. The molecule has 0 saturated carbocycles. The molecule has 0 bridgehead atoms. The Bertz CT molecular complexity index is 629. The van der Waals surface area contributed by atoms with Gasteiger partial charge in [0, 0.05) is 6.08 Å². The van der Waals surface area contributed by atoms with E-state index in [0.717, 1.165) is 0 Å². The summed E-state index contributed by atoms with van der Waals surface area (Å²) in [4.78, 5) is 12.2. The number of ether oxygens (including phenoxy) is 1. The van der Waals surface area contributed by atoms with Crippen LogP contribution in [-0.2, 0) is 9.53 Å². The van der Waals surface area contributed by atoms with Gasteiger partial charge in [0.1, 0.15) is 13.2 Å². The van der Waals surface area contributed by atoms with Gasteiger partial charge < -0.3 is 9.84 Å². The van der Waals surface area contributed by atoms with Gasteiger partial charge in [-0.05, 0) is 31.6 Å². The first kappa shape index (κ1) is 16.2. The van der Waals surface area contributed by atoms with Crippen LogP contribution in [0.15, 0.2) is 30.3 Å². The molecule has 116 valence electrons. The van der Waals surface area contributed by atoms with Gasteiger partial charge in [0.2, 0.25) is 0 Å². The zero-order chi connectivity index (χ0) is 16.2. The molecule has 1 fully saturated rings. The maximum atomic E-state index is 12.2. The second-order valence-electron chi connectivity index (χ2n) is 5.40. The number of benzene rings is 1. The molecule has 0 aliphatic carbocycles. The van der Waals surface area contributed by atoms with E-state index in [4.69, 9.17) is 10.00 Å². The van der Waals surface area contributed by atoms with Crippen molar-refractivity contribution in [1.29, 1.82) is 5.26 Å². The lowest BCUT2D eigenvalue weighted by Gasteiger charge is -2.48. The highest BCUT2D eigenvalue weighted by atomic mass is 16.6. The van der Waals surface area contributed by atoms with E-state index in [1.54, 1.807) is 24.3 Å². The van der Waals surface area contributed by atoms with E-state index in [-0.39, 0.29) is 4.48 Å². The zero-order valence-electron chi connectivity index (χ0n) is 13.0. The van der Waals surface area contributed by atoms with Gasteiger partial charge in [0.25, 0.3) is 0 Å². The predicted molar refractivity (Wildman–Crippen MR) is 82.3 cm³/mol. The summed E-state index contributed by atoms with van der Waals surface area (Å²) in [6.45, 7) is 6.01. The number of likely N-dealkylation sites (N-methyl/N-ethyl adjacent to an activating group) is 1. The molecular weight excluding hydrogens is 280 g/mol. The Morgan fingerprint density at radius 3 is 2.73 bits per heavy atom. The van der Waals surface area contributed by atoms with Gasteiger partial charge in [-0.15, -0.1) is 0 Å². The molecule has 1 aliphatic heterocycles. The van der Waals surface area contributed by atoms with Crippen molar-refractivity contribution in [3.8, 4) is 6.07 Å². The molecule has 1 unspecified atom stereocenters. The molecule has 5 nitrogen and oxygen atoms in total. The van der Waals surface area contributed by atoms with Gasteiger partial charge in [-0.1, -0.05) is 18.2 Å². The van der Waals surface area contributed by atoms with Crippen molar-refractivity contribution >= 4 is 12.0 Å². The Morgan fingerprint density at radius 2 is 2.09 bits per heavy atom. The van der Waals surface area contributed by atoms with Crippen molar-refractivity contribution in [1.82, 2.24) is 0 Å². The fourth-order valence-corrected chi connectivity index (χ4v) is 2.98. The molecule has 22 heavy (non-hydrogen) atoms. The van der Waals surface area contributed by atoms with Crippen LogP contribution in [0.25, 0.3) is 6.08 Å². The maximum Gasteiger partial charge on any atom is 0.402 e. The number of hydrogen-bond acceptors (Lipinski definition) is 4. The number of morpholine rings is 1. The Morgan fingerprint density at radius 1 is 1.41 bits per heavy atom. The van der Waals surface area contributed by atoms with Gasteiger partial charge in [0.15, 0.2) is 0 Å². The van der Waals surface area contributed by atoms with E-state index in [1.165, 1.54) is 6.08 Å². The molecular formula is C17H21N2O3+. The molecule has 2 rings (SSSR count). The highest BCUT2D eigenvalue weighted by Crippen LogP contribution is 2.30. The lowest BCUT2D eigenvalue weighted by Crippen LogP contribution is -2.71. The molecule has 1 N–H and O–H groups in total. The van der Waals surface area contributed by atoms with Crippen molar-refractivity contribution in [2.45, 2.75) is 19.6 Å². The minimum Gasteiger partial charge on any atom is -0.453 e. The van der Waals surface area contributed by atoms with E-state index in [2.05, 4.69) is 6.07 Å². The third-order valence-corrected chi connectivity index (χ3v) is 4.56. The summed E-state index contributed by atoms with van der Waals surface area (Å²) in [7, 11) is 0. The molecule has 1 aromatic carbocycles. The van der Waals surface area contributed by atoms with Crippen molar-refractivity contribution < 1.29 is 19.1 Å². The number of rotatable bonds is 4. The maximum absolute atomic E-state index is 12.2. The number of quaternary nitrogens is 1. The zero-order valence-corrected chi connectivity index (χ0v) is 13.0. The summed E-state index contributed by atoms with van der Waals surface area (Å²) in [5.41, 5.74) is -0.552. The monoisotopic (exact) mass is 301 g/mol. The predicted octanol–water partition coefficient (Wildman–Crippen LogP) is 1.67. The molecule has 0 aromatic heterocycles. The van der Waals surface area contributed by atoms with Crippen LogP contribution in [0, 0.1) is 11.3 Å². The Balaban J connectivity index is 2.45. The van der Waals surface area contributed by atoms with Crippen molar-refractivity contribution in [3.63, 3.8) is 0 Å². The highest BCUT2D eigenvalue weighted by molar-refractivity contribution is 5.82. The molecule has 1 aromatic rings. The summed E-state index contributed by atoms with van der Waals surface area (Å²) in [6.07, 6.45) is 3.10. The van der Waals surface area contributed by atoms with Crippen LogP contribution in [0.2, 0.25) is 0 Å². The first-order chi connectivity index (χ1) is 10.5. The first-order valence-electron chi connectivity index (χ1n) is 7.47. The number of carbonyl (C=O) groups is 1. The van der Waals surface area contributed by atoms with Crippen molar-refractivity contribution in [3.05, 3.63) is 41.5 Å². The standard InChI is InChI=1S/C17H21N2O3/c1-3-19(4-2)11-12-22-16(20)17(19,21)10-9-14-7-5-6-8-15(14)13-18/h5-10,21H,3-4,11-12H2,1-2H3/q+1. The summed E-state index contributed by atoms with van der Waals surface area (Å²) in [5, 5.41) is 20.1. The third kappa shape index (κ3) is 2.52. The minimum atomic E-state index is -1.72. The van der Waals surface area contributed by atoms with E-state index < -0.39 is 11.7 Å². The molecule has 0 amide bonds. The van der Waals surface area contributed by atoms with Crippen molar-refractivity contribution in [2.24, 2.45) is 0 Å². The smallest absolute Gasteiger partial charge is 0.402 e. The van der Waals surface area contributed by atoms with Crippen LogP contribution in [0.5, 0.6) is 0 Å². The van der Waals surface area contributed by atoms with Gasteiger partial charge in [-0.3, -0.25) is 4.48 Å². The Kier molecular flexibility index (Phi) is 4.65. The summed E-state index contributed by atoms with van der Waals surface area (Å²) in [6, 6.07) is 9.16. The number of hydrogen-bond donors (Lipinski definition) is 1. The first-order valence-corrected chi connectivity index (χ1v) is 7.47. The van der Waals surface area contributed by atoms with Gasteiger partial charge in [-0.25, -0.2) is 4.79 Å². The number of carbonyl (C=O) groups excluding carboxylic acids is 1. The number of aliphatic hydroxyl groups is 1. The lowest BCUT2D eigenvalue weighted by molar-refractivity contribution is -0.983. The van der Waals surface area contributed by atoms with Crippen LogP contribution in [0.3, 0.4) is 0 Å². The Labute approximate surface area is 130 Å². The average molecular weight is 301 g/mol. The van der Waals surface area contributed by atoms with Crippen molar-refractivity contribution in [2.75, 3.05) is 26.2 Å². The van der Waals surface area contributed by atoms with Crippen LogP contribution < -0.4 is 0 Å². The van der Waals surface area contributed by atoms with Gasteiger partial charge in [-0.2, -0.15) is 5.26 Å². The SMILES string of the molecule is CC[N+]1(CC)CCOC(=O)C1(O)C=Cc1ccccc1C#N.